The van der Waals surface area contributed by atoms with Gasteiger partial charge in [0.05, 0.1) is 12.1 Å². The third-order valence-electron chi connectivity index (χ3n) is 1.62. The van der Waals surface area contributed by atoms with Crippen molar-refractivity contribution in [2.75, 3.05) is 0 Å². The largest absolute Gasteiger partial charge is 0.235 e. The van der Waals surface area contributed by atoms with E-state index in [2.05, 4.69) is 9.98 Å². The van der Waals surface area contributed by atoms with Crippen LogP contribution in [0, 0.1) is 0 Å². The molecule has 0 radical (unpaired) electrons. The number of carbonyl (C=O) groups excluding carboxylic acids is 2. The van der Waals surface area contributed by atoms with Crippen molar-refractivity contribution in [3.8, 4) is 0 Å². The van der Waals surface area contributed by atoms with Crippen LogP contribution in [0.1, 0.15) is 26.7 Å². The average Bonchev–Trinajstić information content (AvgIpc) is 2.04. The summed E-state index contributed by atoms with van der Waals surface area (Å²) in [7, 11) is 0. The molecule has 0 saturated carbocycles. The van der Waals surface area contributed by atoms with Gasteiger partial charge in [0.15, 0.2) is 0 Å². The van der Waals surface area contributed by atoms with Crippen LogP contribution in [0.25, 0.3) is 0 Å². The number of hydrogen-bond acceptors (Lipinski definition) is 4. The van der Waals surface area contributed by atoms with E-state index in [1.54, 1.807) is 6.92 Å². The van der Waals surface area contributed by atoms with Crippen molar-refractivity contribution < 1.29 is 9.59 Å². The van der Waals surface area contributed by atoms with E-state index in [1.165, 1.54) is 12.2 Å². The van der Waals surface area contributed by atoms with Crippen molar-refractivity contribution in [3.63, 3.8) is 0 Å². The lowest BCUT2D eigenvalue weighted by Crippen LogP contribution is -2.18. The molecule has 0 bridgehead atoms. The van der Waals surface area contributed by atoms with Crippen LogP contribution in [0.15, 0.2) is 9.98 Å². The first-order chi connectivity index (χ1) is 5.76. The van der Waals surface area contributed by atoms with E-state index in [9.17, 15) is 9.59 Å². The van der Waals surface area contributed by atoms with Gasteiger partial charge in [0.1, 0.15) is 0 Å². The standard InChI is InChI=1S/C8H12N2O2/c1-3-4-8(10-6-12)7(2)9-5-11/h7-8H,3-4H2,1-2H3. The fourth-order valence-electron chi connectivity index (χ4n) is 0.946. The summed E-state index contributed by atoms with van der Waals surface area (Å²) in [4.78, 5) is 26.9. The summed E-state index contributed by atoms with van der Waals surface area (Å²) in [5, 5.41) is 0. The summed E-state index contributed by atoms with van der Waals surface area (Å²) in [6.45, 7) is 3.71. The Kier molecular flexibility index (Phi) is 5.80. The Balaban J connectivity index is 4.26. The zero-order valence-corrected chi connectivity index (χ0v) is 7.28. The van der Waals surface area contributed by atoms with Crippen LogP contribution in [-0.2, 0) is 9.59 Å². The molecule has 2 unspecified atom stereocenters. The molecule has 66 valence electrons. The second-order valence-electron chi connectivity index (χ2n) is 2.54. The van der Waals surface area contributed by atoms with E-state index in [0.717, 1.165) is 12.8 Å². The van der Waals surface area contributed by atoms with Gasteiger partial charge in [-0.3, -0.25) is 0 Å². The van der Waals surface area contributed by atoms with Crippen LogP contribution < -0.4 is 0 Å². The zero-order valence-electron chi connectivity index (χ0n) is 7.28. The maximum absolute atomic E-state index is 9.97. The summed E-state index contributed by atoms with van der Waals surface area (Å²) in [6.07, 6.45) is 4.56. The Hall–Kier alpha value is -1.24. The summed E-state index contributed by atoms with van der Waals surface area (Å²) in [5.41, 5.74) is 0. The van der Waals surface area contributed by atoms with Crippen LogP contribution in [0.4, 0.5) is 0 Å². The Morgan fingerprint density at radius 2 is 1.83 bits per heavy atom. The van der Waals surface area contributed by atoms with E-state index >= 15 is 0 Å². The van der Waals surface area contributed by atoms with E-state index in [4.69, 9.17) is 0 Å². The molecule has 0 aromatic carbocycles. The molecule has 12 heavy (non-hydrogen) atoms. The monoisotopic (exact) mass is 168 g/mol. The number of hydrogen-bond donors (Lipinski definition) is 0. The van der Waals surface area contributed by atoms with Crippen molar-refractivity contribution in [1.29, 1.82) is 0 Å². The first-order valence-corrected chi connectivity index (χ1v) is 3.90. The highest BCUT2D eigenvalue weighted by atomic mass is 16.1. The van der Waals surface area contributed by atoms with Crippen molar-refractivity contribution in [2.24, 2.45) is 9.98 Å². The molecule has 0 aliphatic heterocycles. The van der Waals surface area contributed by atoms with Crippen LogP contribution >= 0.6 is 0 Å². The van der Waals surface area contributed by atoms with Gasteiger partial charge in [-0.05, 0) is 13.3 Å². The number of nitrogens with zero attached hydrogens (tertiary/aromatic N) is 2. The molecule has 0 aromatic rings. The van der Waals surface area contributed by atoms with Gasteiger partial charge in [-0.2, -0.15) is 0 Å². The van der Waals surface area contributed by atoms with Crippen molar-refractivity contribution in [3.05, 3.63) is 0 Å². The molecule has 0 spiro atoms. The summed E-state index contributed by atoms with van der Waals surface area (Å²) >= 11 is 0. The Labute approximate surface area is 71.4 Å². The molecule has 0 amide bonds. The summed E-state index contributed by atoms with van der Waals surface area (Å²) in [5.74, 6) is 0. The molecule has 0 fully saturated rings. The maximum atomic E-state index is 9.97. The molecule has 0 rings (SSSR count). The molecule has 0 N–H and O–H groups in total. The highest BCUT2D eigenvalue weighted by molar-refractivity contribution is 5.35. The topological polar surface area (TPSA) is 58.9 Å². The zero-order chi connectivity index (χ0) is 9.40. The predicted octanol–water partition coefficient (Wildman–Crippen LogP) is 1.22. The lowest BCUT2D eigenvalue weighted by atomic mass is 10.1. The fourth-order valence-corrected chi connectivity index (χ4v) is 0.946. The van der Waals surface area contributed by atoms with Crippen molar-refractivity contribution in [2.45, 2.75) is 38.8 Å². The quantitative estimate of drug-likeness (QED) is 0.457. The van der Waals surface area contributed by atoms with E-state index in [0.29, 0.717) is 0 Å². The average molecular weight is 168 g/mol. The van der Waals surface area contributed by atoms with Gasteiger partial charge in [0, 0.05) is 0 Å². The Morgan fingerprint density at radius 3 is 2.25 bits per heavy atom. The van der Waals surface area contributed by atoms with E-state index in [-0.39, 0.29) is 12.1 Å². The molecular weight excluding hydrogens is 156 g/mol. The minimum Gasteiger partial charge on any atom is -0.211 e. The van der Waals surface area contributed by atoms with Crippen LogP contribution in [0.5, 0.6) is 0 Å². The van der Waals surface area contributed by atoms with E-state index < -0.39 is 0 Å². The van der Waals surface area contributed by atoms with Crippen molar-refractivity contribution >= 4 is 12.2 Å². The fraction of sp³-hybridized carbons (Fsp3) is 0.750. The highest BCUT2D eigenvalue weighted by Gasteiger charge is 2.13. The third kappa shape index (κ3) is 3.81. The third-order valence-corrected chi connectivity index (χ3v) is 1.62. The van der Waals surface area contributed by atoms with Crippen LogP contribution in [0.2, 0.25) is 0 Å². The van der Waals surface area contributed by atoms with Gasteiger partial charge < -0.3 is 0 Å². The molecule has 0 aliphatic carbocycles. The molecule has 0 aromatic heterocycles. The normalized spacial score (nSPS) is 13.8. The molecule has 0 heterocycles. The summed E-state index contributed by atoms with van der Waals surface area (Å²) < 4.78 is 0. The molecular formula is C8H12N2O2. The van der Waals surface area contributed by atoms with Gasteiger partial charge in [-0.15, -0.1) is 0 Å². The first-order valence-electron chi connectivity index (χ1n) is 3.90. The summed E-state index contributed by atoms with van der Waals surface area (Å²) in [6, 6.07) is -0.502. The number of rotatable bonds is 5. The van der Waals surface area contributed by atoms with Gasteiger partial charge in [-0.25, -0.2) is 19.6 Å². The van der Waals surface area contributed by atoms with Gasteiger partial charge in [0.25, 0.3) is 0 Å². The minimum atomic E-state index is -0.274. The minimum absolute atomic E-state index is 0.228. The lowest BCUT2D eigenvalue weighted by molar-refractivity contribution is 0.499. The molecule has 0 aliphatic rings. The smallest absolute Gasteiger partial charge is 0.211 e. The van der Waals surface area contributed by atoms with Gasteiger partial charge in [-0.1, -0.05) is 13.3 Å². The predicted molar refractivity (Wildman–Crippen MR) is 44.4 cm³/mol. The molecule has 2 atom stereocenters. The van der Waals surface area contributed by atoms with Gasteiger partial charge in [0.2, 0.25) is 12.2 Å². The van der Waals surface area contributed by atoms with Crippen LogP contribution in [-0.4, -0.2) is 24.2 Å². The molecule has 0 saturated heterocycles. The first kappa shape index (κ1) is 10.8. The second kappa shape index (κ2) is 6.47. The SMILES string of the molecule is CCCC(N=C=O)C(C)N=C=O. The molecule has 4 nitrogen and oxygen atoms in total. The van der Waals surface area contributed by atoms with Gasteiger partial charge >= 0.3 is 0 Å². The maximum Gasteiger partial charge on any atom is 0.235 e. The highest BCUT2D eigenvalue weighted by Crippen LogP contribution is 2.08. The van der Waals surface area contributed by atoms with Crippen molar-refractivity contribution in [1.82, 2.24) is 0 Å². The number of aliphatic imine (C=N–C) groups is 2. The second-order valence-corrected chi connectivity index (χ2v) is 2.54. The Morgan fingerprint density at radius 1 is 1.25 bits per heavy atom. The molecule has 4 heteroatoms. The Bertz CT molecular complexity index is 215. The van der Waals surface area contributed by atoms with Crippen LogP contribution in [0.3, 0.4) is 0 Å². The lowest BCUT2D eigenvalue weighted by Gasteiger charge is -2.11. The van der Waals surface area contributed by atoms with E-state index in [1.807, 2.05) is 6.92 Å². The number of isocyanates is 2.